The van der Waals surface area contributed by atoms with Gasteiger partial charge in [0.2, 0.25) is 0 Å². The van der Waals surface area contributed by atoms with Crippen molar-refractivity contribution in [1.29, 1.82) is 0 Å². The molecule has 118 valence electrons. The van der Waals surface area contributed by atoms with Crippen LogP contribution in [0.5, 0.6) is 0 Å². The van der Waals surface area contributed by atoms with Crippen LogP contribution in [0.2, 0.25) is 0 Å². The predicted octanol–water partition coefficient (Wildman–Crippen LogP) is 1.67. The fraction of sp³-hybridized carbons (Fsp3) is 0.562. The first-order valence-electron chi connectivity index (χ1n) is 7.16. The first kappa shape index (κ1) is 17.6. The van der Waals surface area contributed by atoms with Crippen LogP contribution in [0.15, 0.2) is 30.3 Å². The molecule has 0 aliphatic carbocycles. The zero-order valence-electron chi connectivity index (χ0n) is 13.0. The monoisotopic (exact) mass is 295 g/mol. The molecule has 1 aromatic carbocycles. The number of hydrogen-bond donors (Lipinski definition) is 2. The highest BCUT2D eigenvalue weighted by Crippen LogP contribution is 2.16. The van der Waals surface area contributed by atoms with Crippen LogP contribution in [0.25, 0.3) is 0 Å². The Morgan fingerprint density at radius 2 is 2.05 bits per heavy atom. The van der Waals surface area contributed by atoms with Crippen molar-refractivity contribution in [2.45, 2.75) is 31.9 Å². The van der Waals surface area contributed by atoms with Crippen LogP contribution in [0.1, 0.15) is 31.9 Å². The number of ether oxygens (including phenoxy) is 2. The Bertz CT molecular complexity index is 420. The average molecular weight is 295 g/mol. The van der Waals surface area contributed by atoms with Gasteiger partial charge in [-0.05, 0) is 19.4 Å². The minimum absolute atomic E-state index is 0.273. The molecule has 0 aliphatic heterocycles. The van der Waals surface area contributed by atoms with Gasteiger partial charge in [-0.15, -0.1) is 0 Å². The van der Waals surface area contributed by atoms with Gasteiger partial charge in [0, 0.05) is 26.7 Å². The molecule has 2 atom stereocenters. The maximum atomic E-state index is 12.1. The van der Waals surface area contributed by atoms with E-state index in [1.807, 2.05) is 30.3 Å². The van der Waals surface area contributed by atoms with E-state index in [0.29, 0.717) is 19.6 Å². The third-order valence-electron chi connectivity index (χ3n) is 3.19. The number of methoxy groups -OCH3 is 1. The minimum Gasteiger partial charge on any atom is -0.465 e. The first-order chi connectivity index (χ1) is 10.00. The Morgan fingerprint density at radius 3 is 2.62 bits per heavy atom. The van der Waals surface area contributed by atoms with Gasteiger partial charge in [0.25, 0.3) is 0 Å². The Balaban J connectivity index is 2.72. The van der Waals surface area contributed by atoms with E-state index < -0.39 is 11.6 Å². The van der Waals surface area contributed by atoms with E-state index in [-0.39, 0.29) is 12.5 Å². The van der Waals surface area contributed by atoms with Gasteiger partial charge >= 0.3 is 5.97 Å². The molecule has 0 heterocycles. The molecule has 1 aromatic rings. The molecule has 0 bridgehead atoms. The molecule has 0 aromatic heterocycles. The third-order valence-corrected chi connectivity index (χ3v) is 3.19. The third kappa shape index (κ3) is 6.25. The molecule has 0 saturated carbocycles. The summed E-state index contributed by atoms with van der Waals surface area (Å²) in [6, 6.07) is 8.76. The predicted molar refractivity (Wildman–Crippen MR) is 80.9 cm³/mol. The quantitative estimate of drug-likeness (QED) is 0.678. The molecule has 0 radical (unpaired) electrons. The van der Waals surface area contributed by atoms with E-state index in [0.717, 1.165) is 5.56 Å². The largest absolute Gasteiger partial charge is 0.465 e. The molecular formula is C16H25NO4. The number of nitrogens with one attached hydrogen (secondary N) is 1. The number of carbonyl (C=O) groups is 1. The van der Waals surface area contributed by atoms with Crippen molar-refractivity contribution < 1.29 is 19.4 Å². The molecule has 0 amide bonds. The van der Waals surface area contributed by atoms with Crippen LogP contribution >= 0.6 is 0 Å². The van der Waals surface area contributed by atoms with Crippen LogP contribution in [0, 0.1) is 0 Å². The maximum absolute atomic E-state index is 12.1. The van der Waals surface area contributed by atoms with Crippen molar-refractivity contribution in [3.05, 3.63) is 35.9 Å². The van der Waals surface area contributed by atoms with Gasteiger partial charge in [-0.2, -0.15) is 0 Å². The summed E-state index contributed by atoms with van der Waals surface area (Å²) in [4.78, 5) is 12.1. The number of esters is 1. The van der Waals surface area contributed by atoms with Crippen molar-refractivity contribution >= 4 is 5.97 Å². The standard InChI is InChI=1S/C16H25NO4/c1-4-21-15(18)14(13-8-6-5-7-9-13)17-12-16(2,19)10-11-20-3/h5-9,14,17,19H,4,10-12H2,1-3H3. The first-order valence-corrected chi connectivity index (χ1v) is 7.16. The van der Waals surface area contributed by atoms with E-state index in [4.69, 9.17) is 9.47 Å². The lowest BCUT2D eigenvalue weighted by atomic mass is 10.0. The topological polar surface area (TPSA) is 67.8 Å². The molecule has 0 aliphatic rings. The Labute approximate surface area is 126 Å². The molecule has 0 spiro atoms. The molecular weight excluding hydrogens is 270 g/mol. The molecule has 21 heavy (non-hydrogen) atoms. The van der Waals surface area contributed by atoms with E-state index in [1.165, 1.54) is 0 Å². The fourth-order valence-corrected chi connectivity index (χ4v) is 1.94. The van der Waals surface area contributed by atoms with Crippen LogP contribution in [-0.2, 0) is 14.3 Å². The van der Waals surface area contributed by atoms with Gasteiger partial charge < -0.3 is 14.6 Å². The highest BCUT2D eigenvalue weighted by Gasteiger charge is 2.26. The summed E-state index contributed by atoms with van der Waals surface area (Å²) in [6.45, 7) is 4.55. The van der Waals surface area contributed by atoms with E-state index in [2.05, 4.69) is 5.32 Å². The lowest BCUT2D eigenvalue weighted by Gasteiger charge is -2.26. The van der Waals surface area contributed by atoms with Crippen LogP contribution in [0.4, 0.5) is 0 Å². The average Bonchev–Trinajstić information content (AvgIpc) is 2.47. The second kappa shape index (κ2) is 8.77. The zero-order chi connectivity index (χ0) is 15.7. The van der Waals surface area contributed by atoms with Crippen molar-refractivity contribution in [3.63, 3.8) is 0 Å². The lowest BCUT2D eigenvalue weighted by Crippen LogP contribution is -2.42. The number of carbonyl (C=O) groups excluding carboxylic acids is 1. The van der Waals surface area contributed by atoms with Crippen LogP contribution < -0.4 is 5.32 Å². The number of hydrogen-bond acceptors (Lipinski definition) is 5. The second-order valence-corrected chi connectivity index (χ2v) is 5.22. The Hall–Kier alpha value is -1.43. The maximum Gasteiger partial charge on any atom is 0.327 e. The van der Waals surface area contributed by atoms with Crippen LogP contribution in [0.3, 0.4) is 0 Å². The Kier molecular flexibility index (Phi) is 7.36. The van der Waals surface area contributed by atoms with Crippen LogP contribution in [-0.4, -0.2) is 43.5 Å². The number of aliphatic hydroxyl groups is 1. The van der Waals surface area contributed by atoms with Gasteiger partial charge in [0.05, 0.1) is 12.2 Å². The highest BCUT2D eigenvalue weighted by atomic mass is 16.5. The summed E-state index contributed by atoms with van der Waals surface area (Å²) in [6.07, 6.45) is 0.487. The normalized spacial score (nSPS) is 15.2. The summed E-state index contributed by atoms with van der Waals surface area (Å²) < 4.78 is 10.1. The van der Waals surface area contributed by atoms with Gasteiger partial charge in [0.1, 0.15) is 6.04 Å². The van der Waals surface area contributed by atoms with Crippen molar-refractivity contribution in [1.82, 2.24) is 5.32 Å². The van der Waals surface area contributed by atoms with E-state index in [1.54, 1.807) is 21.0 Å². The zero-order valence-corrected chi connectivity index (χ0v) is 13.0. The van der Waals surface area contributed by atoms with Crippen molar-refractivity contribution in [2.24, 2.45) is 0 Å². The van der Waals surface area contributed by atoms with Gasteiger partial charge in [-0.1, -0.05) is 30.3 Å². The van der Waals surface area contributed by atoms with Gasteiger partial charge in [0.15, 0.2) is 0 Å². The molecule has 0 saturated heterocycles. The van der Waals surface area contributed by atoms with Gasteiger partial charge in [-0.3, -0.25) is 5.32 Å². The summed E-state index contributed by atoms with van der Waals surface area (Å²) in [5.41, 5.74) is -0.131. The number of benzene rings is 1. The number of rotatable bonds is 9. The fourth-order valence-electron chi connectivity index (χ4n) is 1.94. The molecule has 2 N–H and O–H groups in total. The van der Waals surface area contributed by atoms with Crippen molar-refractivity contribution in [3.8, 4) is 0 Å². The summed E-state index contributed by atoms with van der Waals surface area (Å²) in [5.74, 6) is -0.341. The second-order valence-electron chi connectivity index (χ2n) is 5.22. The lowest BCUT2D eigenvalue weighted by molar-refractivity contribution is -0.146. The highest BCUT2D eigenvalue weighted by molar-refractivity contribution is 5.77. The van der Waals surface area contributed by atoms with E-state index >= 15 is 0 Å². The van der Waals surface area contributed by atoms with E-state index in [9.17, 15) is 9.90 Å². The molecule has 1 rings (SSSR count). The summed E-state index contributed by atoms with van der Waals surface area (Å²) in [5, 5.41) is 13.3. The Morgan fingerprint density at radius 1 is 1.38 bits per heavy atom. The molecule has 5 nitrogen and oxygen atoms in total. The minimum atomic E-state index is -0.949. The summed E-state index contributed by atoms with van der Waals surface area (Å²) in [7, 11) is 1.59. The SMILES string of the molecule is CCOC(=O)C(NCC(C)(O)CCOC)c1ccccc1. The molecule has 5 heteroatoms. The smallest absolute Gasteiger partial charge is 0.327 e. The molecule has 2 unspecified atom stereocenters. The molecule has 0 fully saturated rings. The van der Waals surface area contributed by atoms with Crippen molar-refractivity contribution in [2.75, 3.05) is 26.9 Å². The van der Waals surface area contributed by atoms with Gasteiger partial charge in [-0.25, -0.2) is 4.79 Å². The summed E-state index contributed by atoms with van der Waals surface area (Å²) >= 11 is 0.